The van der Waals surface area contributed by atoms with Gasteiger partial charge in [-0.05, 0) is 6.92 Å². The van der Waals surface area contributed by atoms with Gasteiger partial charge in [0.05, 0.1) is 0 Å². The zero-order valence-corrected chi connectivity index (χ0v) is 8.47. The summed E-state index contributed by atoms with van der Waals surface area (Å²) >= 11 is 5.14. The van der Waals surface area contributed by atoms with Gasteiger partial charge in [0.1, 0.15) is 16.7 Å². The van der Waals surface area contributed by atoms with Crippen LogP contribution in [0.2, 0.25) is 5.02 Å². The molecule has 12 heavy (non-hydrogen) atoms. The summed E-state index contributed by atoms with van der Waals surface area (Å²) in [6.07, 6.45) is 0. The molecule has 1 aromatic rings. The number of hydrogen-bond donors (Lipinski definition) is 0. The molecule has 0 heterocycles. The van der Waals surface area contributed by atoms with Crippen molar-refractivity contribution in [2.45, 2.75) is 6.92 Å². The van der Waals surface area contributed by atoms with Crippen molar-refractivity contribution in [2.24, 2.45) is 0 Å². The molecule has 0 unspecified atom stereocenters. The normalized spacial score (nSPS) is 9.42. The number of benzene rings is 1. The monoisotopic (exact) mass is 206 g/mol. The molecule has 1 aromatic carbocycles. The first-order chi connectivity index (χ1) is 5.04. The largest absolute Gasteiger partial charge is 2.00 e. The summed E-state index contributed by atoms with van der Waals surface area (Å²) < 4.78 is 37.5. The van der Waals surface area contributed by atoms with E-state index < -0.39 is 22.5 Å². The van der Waals surface area contributed by atoms with Gasteiger partial charge >= 0.3 is 23.1 Å². The molecule has 0 N–H and O–H groups in total. The number of rotatable bonds is 0. The van der Waals surface area contributed by atoms with Crippen molar-refractivity contribution in [2.75, 3.05) is 0 Å². The maximum absolute atomic E-state index is 12.6. The molecule has 0 radical (unpaired) electrons. The molecule has 0 saturated heterocycles. The van der Waals surface area contributed by atoms with Crippen molar-refractivity contribution in [3.63, 3.8) is 0 Å². The molecule has 0 fully saturated rings. The van der Waals surface area contributed by atoms with Crippen LogP contribution in [0.15, 0.2) is 6.07 Å². The maximum Gasteiger partial charge on any atom is 2.00 e. The molecular formula is C7H6ClF3Mg. The molecule has 0 saturated carbocycles. The van der Waals surface area contributed by atoms with Crippen LogP contribution in [-0.4, -0.2) is 23.1 Å². The minimum Gasteiger partial charge on any atom is -1.00 e. The van der Waals surface area contributed by atoms with Gasteiger partial charge in [0.2, 0.25) is 0 Å². The molecule has 0 aromatic heterocycles. The van der Waals surface area contributed by atoms with Crippen LogP contribution in [0, 0.1) is 24.4 Å². The number of hydrogen-bond acceptors (Lipinski definition) is 0. The minimum absolute atomic E-state index is 0. The summed E-state index contributed by atoms with van der Waals surface area (Å²) in [6.45, 7) is 1.19. The van der Waals surface area contributed by atoms with Crippen molar-refractivity contribution >= 4 is 34.7 Å². The predicted molar refractivity (Wildman–Crippen MR) is 44.0 cm³/mol. The Hall–Kier alpha value is 0.0662. The molecule has 0 bridgehead atoms. The van der Waals surface area contributed by atoms with E-state index in [1.54, 1.807) is 0 Å². The third-order valence-electron chi connectivity index (χ3n) is 1.34. The fourth-order valence-electron chi connectivity index (χ4n) is 0.657. The summed E-state index contributed by atoms with van der Waals surface area (Å²) in [7, 11) is 0. The summed E-state index contributed by atoms with van der Waals surface area (Å²) in [5.74, 6) is -3.04. The van der Waals surface area contributed by atoms with Gasteiger partial charge in [-0.1, -0.05) is 11.6 Å². The molecule has 5 heteroatoms. The Morgan fingerprint density at radius 1 is 1.25 bits per heavy atom. The van der Waals surface area contributed by atoms with Crippen LogP contribution in [0.1, 0.15) is 8.42 Å². The van der Waals surface area contributed by atoms with E-state index in [0.29, 0.717) is 6.07 Å². The van der Waals surface area contributed by atoms with Gasteiger partial charge in [0.15, 0.2) is 5.82 Å². The van der Waals surface area contributed by atoms with Crippen LogP contribution in [0.4, 0.5) is 13.2 Å². The second-order valence-corrected chi connectivity index (χ2v) is 2.47. The maximum atomic E-state index is 12.6. The van der Waals surface area contributed by atoms with E-state index in [0.717, 1.165) is 0 Å². The second kappa shape index (κ2) is 4.34. The SMILES string of the molecule is Cc1c(F)cc(F)c(Cl)c1F.[H-].[H-].[Mg+2]. The molecule has 0 nitrogen and oxygen atoms in total. The van der Waals surface area contributed by atoms with E-state index in [1.165, 1.54) is 6.92 Å². The minimum atomic E-state index is -1.08. The standard InChI is InChI=1S/C7H4ClF3.Mg.2H/c1-3-4(9)2-5(10)6(8)7(3)11;;;/h2H,1H3;;;/q;+2;2*-1. The van der Waals surface area contributed by atoms with Gasteiger partial charge in [0.25, 0.3) is 0 Å². The summed E-state index contributed by atoms with van der Waals surface area (Å²) in [6, 6.07) is 0.556. The van der Waals surface area contributed by atoms with Crippen LogP contribution in [0.3, 0.4) is 0 Å². The van der Waals surface area contributed by atoms with E-state index in [-0.39, 0.29) is 31.5 Å². The molecule has 0 aliphatic carbocycles. The van der Waals surface area contributed by atoms with E-state index >= 15 is 0 Å². The van der Waals surface area contributed by atoms with Crippen LogP contribution in [0.5, 0.6) is 0 Å². The summed E-state index contributed by atoms with van der Waals surface area (Å²) in [5, 5.41) is -0.663. The molecular weight excluding hydrogens is 201 g/mol. The van der Waals surface area contributed by atoms with Crippen LogP contribution in [-0.2, 0) is 0 Å². The molecule has 0 atom stereocenters. The van der Waals surface area contributed by atoms with Crippen molar-refractivity contribution < 1.29 is 16.0 Å². The van der Waals surface area contributed by atoms with Crippen LogP contribution >= 0.6 is 11.6 Å². The van der Waals surface area contributed by atoms with Gasteiger partial charge in [-0.3, -0.25) is 0 Å². The van der Waals surface area contributed by atoms with Gasteiger partial charge in [-0.15, -0.1) is 0 Å². The Bertz CT molecular complexity index is 283. The zero-order valence-electron chi connectivity index (χ0n) is 8.30. The van der Waals surface area contributed by atoms with Crippen molar-refractivity contribution in [3.05, 3.63) is 34.1 Å². The molecule has 1 rings (SSSR count). The number of halogens is 4. The van der Waals surface area contributed by atoms with Crippen LogP contribution < -0.4 is 0 Å². The van der Waals surface area contributed by atoms with Crippen LogP contribution in [0.25, 0.3) is 0 Å². The Labute approximate surface area is 91.8 Å². The predicted octanol–water partition coefficient (Wildman–Crippen LogP) is 2.91. The first-order valence-corrected chi connectivity index (χ1v) is 3.21. The van der Waals surface area contributed by atoms with Gasteiger partial charge in [0, 0.05) is 11.6 Å². The third-order valence-corrected chi connectivity index (χ3v) is 1.69. The zero-order chi connectivity index (χ0) is 8.59. The summed E-state index contributed by atoms with van der Waals surface area (Å²) in [5.41, 5.74) is -0.267. The van der Waals surface area contributed by atoms with Crippen molar-refractivity contribution in [1.29, 1.82) is 0 Å². The molecule has 0 aliphatic rings. The van der Waals surface area contributed by atoms with Gasteiger partial charge < -0.3 is 2.85 Å². The van der Waals surface area contributed by atoms with E-state index in [9.17, 15) is 13.2 Å². The smallest absolute Gasteiger partial charge is 1.00 e. The molecule has 64 valence electrons. The molecule has 0 spiro atoms. The Morgan fingerprint density at radius 3 is 2.25 bits per heavy atom. The van der Waals surface area contributed by atoms with Crippen molar-refractivity contribution in [3.8, 4) is 0 Å². The van der Waals surface area contributed by atoms with E-state index in [4.69, 9.17) is 11.6 Å². The van der Waals surface area contributed by atoms with Gasteiger partial charge in [-0.2, -0.15) is 0 Å². The Balaban J connectivity index is -0.000000403. The second-order valence-electron chi connectivity index (χ2n) is 2.09. The van der Waals surface area contributed by atoms with Crippen molar-refractivity contribution in [1.82, 2.24) is 0 Å². The molecule has 0 aliphatic heterocycles. The summed E-state index contributed by atoms with van der Waals surface area (Å²) in [4.78, 5) is 0. The van der Waals surface area contributed by atoms with E-state index in [1.807, 2.05) is 0 Å². The third kappa shape index (κ3) is 2.05. The van der Waals surface area contributed by atoms with Gasteiger partial charge in [-0.25, -0.2) is 13.2 Å². The first-order valence-electron chi connectivity index (χ1n) is 2.83. The van der Waals surface area contributed by atoms with E-state index in [2.05, 4.69) is 0 Å². The first kappa shape index (κ1) is 12.1. The Morgan fingerprint density at radius 2 is 1.75 bits per heavy atom. The Kier molecular flexibility index (Phi) is 4.37. The average molecular weight is 207 g/mol. The fourth-order valence-corrected chi connectivity index (χ4v) is 0.853. The quantitative estimate of drug-likeness (QED) is 0.348. The topological polar surface area (TPSA) is 0 Å². The fraction of sp³-hybridized carbons (Fsp3) is 0.143. The average Bonchev–Trinajstić information content (AvgIpc) is 1.97. The molecule has 0 amide bonds.